The Kier molecular flexibility index (Phi) is 5.23. The van der Waals surface area contributed by atoms with E-state index < -0.39 is 0 Å². The lowest BCUT2D eigenvalue weighted by molar-refractivity contribution is 0.479. The maximum absolute atomic E-state index is 3.37. The first-order chi connectivity index (χ1) is 5.52. The normalized spacial score (nSPS) is 13.6. The second-order valence-corrected chi connectivity index (χ2v) is 4.17. The Hall–Kier alpha value is -0.300. The molecule has 72 valence electrons. The summed E-state index contributed by atoms with van der Waals surface area (Å²) < 4.78 is 0. The first kappa shape index (κ1) is 11.7. The van der Waals surface area contributed by atoms with Crippen molar-refractivity contribution < 1.29 is 0 Å². The largest absolute Gasteiger partial charge is 0.313 e. The van der Waals surface area contributed by atoms with E-state index in [0.29, 0.717) is 5.41 Å². The molecular weight excluding hydrogens is 146 g/mol. The zero-order chi connectivity index (χ0) is 9.61. The molecule has 0 amide bonds. The molecule has 0 aromatic heterocycles. The van der Waals surface area contributed by atoms with Gasteiger partial charge in [0.1, 0.15) is 0 Å². The molecular formula is C11H23N. The Balaban J connectivity index is 4.15. The van der Waals surface area contributed by atoms with E-state index in [1.54, 1.807) is 0 Å². The van der Waals surface area contributed by atoms with E-state index in [-0.39, 0.29) is 0 Å². The van der Waals surface area contributed by atoms with E-state index >= 15 is 0 Å². The molecule has 0 spiro atoms. The van der Waals surface area contributed by atoms with Crippen molar-refractivity contribution in [3.8, 4) is 0 Å². The number of rotatable bonds is 4. The first-order valence-corrected chi connectivity index (χ1v) is 4.92. The molecule has 0 aromatic rings. The van der Waals surface area contributed by atoms with Gasteiger partial charge < -0.3 is 5.32 Å². The van der Waals surface area contributed by atoms with Crippen LogP contribution in [-0.4, -0.2) is 13.1 Å². The van der Waals surface area contributed by atoms with Crippen molar-refractivity contribution in [2.75, 3.05) is 13.1 Å². The van der Waals surface area contributed by atoms with E-state index in [9.17, 15) is 0 Å². The molecule has 0 unspecified atom stereocenters. The maximum Gasteiger partial charge on any atom is 0.0169 e. The number of hydrogen-bond donors (Lipinski definition) is 1. The lowest BCUT2D eigenvalue weighted by atomic mass is 9.86. The van der Waals surface area contributed by atoms with Gasteiger partial charge in [0, 0.05) is 6.54 Å². The zero-order valence-electron chi connectivity index (χ0n) is 9.20. The smallest absolute Gasteiger partial charge is 0.0169 e. The zero-order valence-corrected chi connectivity index (χ0v) is 9.20. The van der Waals surface area contributed by atoms with E-state index in [0.717, 1.165) is 19.5 Å². The number of hydrogen-bond acceptors (Lipinski definition) is 1. The number of nitrogens with one attached hydrogen (secondary N) is 1. The molecule has 0 radical (unpaired) electrons. The Morgan fingerprint density at radius 2 is 1.83 bits per heavy atom. The van der Waals surface area contributed by atoms with Crippen LogP contribution < -0.4 is 5.32 Å². The highest BCUT2D eigenvalue weighted by atomic mass is 14.8. The van der Waals surface area contributed by atoms with Crippen molar-refractivity contribution in [1.29, 1.82) is 0 Å². The third-order valence-electron chi connectivity index (χ3n) is 1.98. The molecule has 0 aliphatic rings. The first-order valence-electron chi connectivity index (χ1n) is 4.92. The quantitative estimate of drug-likeness (QED) is 0.638. The molecule has 0 atom stereocenters. The molecule has 1 heteroatoms. The molecule has 0 saturated heterocycles. The fraction of sp³-hybridized carbons (Fsp3) is 0.818. The van der Waals surface area contributed by atoms with Gasteiger partial charge in [-0.15, -0.1) is 0 Å². The highest BCUT2D eigenvalue weighted by Crippen LogP contribution is 2.24. The summed E-state index contributed by atoms with van der Waals surface area (Å²) in [5.41, 5.74) is 1.84. The standard InChI is InChI=1S/C11H23N/c1-6-8-10(9-12-7-2)11(3,4)5/h8,12H,6-7,9H2,1-5H3/b10-8+. The second kappa shape index (κ2) is 5.36. The van der Waals surface area contributed by atoms with Crippen molar-refractivity contribution in [2.24, 2.45) is 5.41 Å². The molecule has 0 rings (SSSR count). The molecule has 0 fully saturated rings. The fourth-order valence-electron chi connectivity index (χ4n) is 1.15. The molecule has 0 aromatic carbocycles. The van der Waals surface area contributed by atoms with Crippen LogP contribution in [0, 0.1) is 5.41 Å². The summed E-state index contributed by atoms with van der Waals surface area (Å²) in [5, 5.41) is 3.37. The Morgan fingerprint density at radius 3 is 2.17 bits per heavy atom. The summed E-state index contributed by atoms with van der Waals surface area (Å²) >= 11 is 0. The second-order valence-electron chi connectivity index (χ2n) is 4.17. The number of likely N-dealkylation sites (N-methyl/N-ethyl adjacent to an activating group) is 1. The molecule has 0 aliphatic carbocycles. The van der Waals surface area contributed by atoms with Gasteiger partial charge in [0.25, 0.3) is 0 Å². The van der Waals surface area contributed by atoms with E-state index in [4.69, 9.17) is 0 Å². The Labute approximate surface area is 77.2 Å². The van der Waals surface area contributed by atoms with Crippen molar-refractivity contribution in [3.05, 3.63) is 11.6 Å². The summed E-state index contributed by atoms with van der Waals surface area (Å²) in [4.78, 5) is 0. The monoisotopic (exact) mass is 169 g/mol. The van der Waals surface area contributed by atoms with Gasteiger partial charge in [-0.1, -0.05) is 46.3 Å². The van der Waals surface area contributed by atoms with Gasteiger partial charge in [-0.3, -0.25) is 0 Å². The van der Waals surface area contributed by atoms with Crippen LogP contribution in [0.1, 0.15) is 41.0 Å². The van der Waals surface area contributed by atoms with E-state index in [1.165, 1.54) is 5.57 Å². The van der Waals surface area contributed by atoms with E-state index in [2.05, 4.69) is 46.0 Å². The minimum atomic E-state index is 0.318. The van der Waals surface area contributed by atoms with Gasteiger partial charge >= 0.3 is 0 Å². The molecule has 0 saturated carbocycles. The van der Waals surface area contributed by atoms with Gasteiger partial charge in [0.15, 0.2) is 0 Å². The highest BCUT2D eigenvalue weighted by Gasteiger charge is 2.15. The van der Waals surface area contributed by atoms with Gasteiger partial charge in [0.2, 0.25) is 0 Å². The number of allylic oxidation sites excluding steroid dienone is 1. The van der Waals surface area contributed by atoms with Crippen LogP contribution >= 0.6 is 0 Å². The molecule has 1 N–H and O–H groups in total. The van der Waals surface area contributed by atoms with Crippen LogP contribution in [0.15, 0.2) is 11.6 Å². The average Bonchev–Trinajstić information content (AvgIpc) is 1.95. The predicted molar refractivity (Wildman–Crippen MR) is 56.4 cm³/mol. The highest BCUT2D eigenvalue weighted by molar-refractivity contribution is 5.12. The van der Waals surface area contributed by atoms with Crippen molar-refractivity contribution in [3.63, 3.8) is 0 Å². The van der Waals surface area contributed by atoms with E-state index in [1.807, 2.05) is 0 Å². The summed E-state index contributed by atoms with van der Waals surface area (Å²) in [6.45, 7) is 13.2. The minimum Gasteiger partial charge on any atom is -0.313 e. The summed E-state index contributed by atoms with van der Waals surface area (Å²) in [7, 11) is 0. The lowest BCUT2D eigenvalue weighted by Crippen LogP contribution is -2.23. The topological polar surface area (TPSA) is 12.0 Å². The SMILES string of the molecule is CC/C=C(\CNCC)C(C)(C)C. The molecule has 0 heterocycles. The summed E-state index contributed by atoms with van der Waals surface area (Å²) in [6, 6.07) is 0. The minimum absolute atomic E-state index is 0.318. The van der Waals surface area contributed by atoms with Gasteiger partial charge in [-0.05, 0) is 18.4 Å². The van der Waals surface area contributed by atoms with Gasteiger partial charge in [0.05, 0.1) is 0 Å². The maximum atomic E-state index is 3.37. The molecule has 0 bridgehead atoms. The molecule has 1 nitrogen and oxygen atoms in total. The lowest BCUT2D eigenvalue weighted by Gasteiger charge is -2.23. The third-order valence-corrected chi connectivity index (χ3v) is 1.98. The average molecular weight is 169 g/mol. The summed E-state index contributed by atoms with van der Waals surface area (Å²) in [6.07, 6.45) is 3.47. The van der Waals surface area contributed by atoms with Crippen LogP contribution in [0.2, 0.25) is 0 Å². The van der Waals surface area contributed by atoms with Gasteiger partial charge in [-0.2, -0.15) is 0 Å². The third kappa shape index (κ3) is 4.55. The van der Waals surface area contributed by atoms with Crippen LogP contribution in [0.25, 0.3) is 0 Å². The van der Waals surface area contributed by atoms with Crippen LogP contribution in [-0.2, 0) is 0 Å². The van der Waals surface area contributed by atoms with Crippen molar-refractivity contribution in [2.45, 2.75) is 41.0 Å². The molecule has 12 heavy (non-hydrogen) atoms. The van der Waals surface area contributed by atoms with Crippen LogP contribution in [0.3, 0.4) is 0 Å². The Morgan fingerprint density at radius 1 is 1.25 bits per heavy atom. The Bertz CT molecular complexity index is 140. The van der Waals surface area contributed by atoms with Crippen LogP contribution in [0.4, 0.5) is 0 Å². The predicted octanol–water partition coefficient (Wildman–Crippen LogP) is 2.98. The van der Waals surface area contributed by atoms with Crippen molar-refractivity contribution >= 4 is 0 Å². The summed E-state index contributed by atoms with van der Waals surface area (Å²) in [5.74, 6) is 0. The van der Waals surface area contributed by atoms with Crippen LogP contribution in [0.5, 0.6) is 0 Å². The molecule has 0 aliphatic heterocycles. The van der Waals surface area contributed by atoms with Gasteiger partial charge in [-0.25, -0.2) is 0 Å². The fourth-order valence-corrected chi connectivity index (χ4v) is 1.15. The van der Waals surface area contributed by atoms with Crippen molar-refractivity contribution in [1.82, 2.24) is 5.32 Å².